The van der Waals surface area contributed by atoms with Crippen molar-refractivity contribution in [1.82, 2.24) is 4.72 Å². The standard InChI is InChI=1S/C15H13ClFNO4S/c1-9-5-3-4-6-13(9)22-14-8-12(17)10(7-11(14)16)15(19)18-23(2,20)21/h3-8H,1-2H3,(H,18,19). The van der Waals surface area contributed by atoms with E-state index in [9.17, 15) is 17.6 Å². The van der Waals surface area contributed by atoms with E-state index in [1.54, 1.807) is 16.9 Å². The van der Waals surface area contributed by atoms with Crippen LogP contribution in [0.4, 0.5) is 4.39 Å². The van der Waals surface area contributed by atoms with Crippen LogP contribution in [-0.4, -0.2) is 20.6 Å². The Hall–Kier alpha value is -2.12. The third-order valence-electron chi connectivity index (χ3n) is 2.86. The van der Waals surface area contributed by atoms with Gasteiger partial charge in [0, 0.05) is 6.07 Å². The first-order valence-corrected chi connectivity index (χ1v) is 8.69. The maximum atomic E-state index is 14.1. The fourth-order valence-corrected chi connectivity index (χ4v) is 2.44. The summed E-state index contributed by atoms with van der Waals surface area (Å²) < 4.78 is 43.4. The Morgan fingerprint density at radius 1 is 1.22 bits per heavy atom. The Kier molecular flexibility index (Phi) is 4.91. The van der Waals surface area contributed by atoms with E-state index >= 15 is 0 Å². The van der Waals surface area contributed by atoms with Crippen molar-refractivity contribution in [3.05, 3.63) is 58.4 Å². The molecule has 1 amide bonds. The predicted molar refractivity (Wildman–Crippen MR) is 85.0 cm³/mol. The van der Waals surface area contributed by atoms with E-state index in [0.29, 0.717) is 5.75 Å². The highest BCUT2D eigenvalue weighted by Crippen LogP contribution is 2.33. The van der Waals surface area contributed by atoms with E-state index in [2.05, 4.69) is 0 Å². The first-order chi connectivity index (χ1) is 10.7. The van der Waals surface area contributed by atoms with Gasteiger partial charge < -0.3 is 4.74 Å². The van der Waals surface area contributed by atoms with Crippen molar-refractivity contribution in [1.29, 1.82) is 0 Å². The van der Waals surface area contributed by atoms with Crippen LogP contribution >= 0.6 is 11.6 Å². The number of hydrogen-bond donors (Lipinski definition) is 1. The summed E-state index contributed by atoms with van der Waals surface area (Å²) in [6.07, 6.45) is 0.792. The molecule has 0 heterocycles. The van der Waals surface area contributed by atoms with Gasteiger partial charge >= 0.3 is 0 Å². The number of carbonyl (C=O) groups excluding carboxylic acids is 1. The molecule has 2 aromatic carbocycles. The first-order valence-electron chi connectivity index (χ1n) is 6.42. The quantitative estimate of drug-likeness (QED) is 0.911. The zero-order valence-corrected chi connectivity index (χ0v) is 13.8. The van der Waals surface area contributed by atoms with Crippen LogP contribution < -0.4 is 9.46 Å². The minimum atomic E-state index is -3.81. The largest absolute Gasteiger partial charge is 0.455 e. The summed E-state index contributed by atoms with van der Waals surface area (Å²) in [7, 11) is -3.81. The van der Waals surface area contributed by atoms with Gasteiger partial charge in [-0.2, -0.15) is 0 Å². The number of nitrogens with one attached hydrogen (secondary N) is 1. The number of halogens is 2. The average Bonchev–Trinajstić information content (AvgIpc) is 2.43. The molecule has 2 rings (SSSR count). The summed E-state index contributed by atoms with van der Waals surface area (Å²) in [6, 6.07) is 9.03. The Labute approximate surface area is 138 Å². The number of aryl methyl sites for hydroxylation is 1. The fourth-order valence-electron chi connectivity index (χ4n) is 1.79. The molecule has 0 unspecified atom stereocenters. The predicted octanol–water partition coefficient (Wildman–Crippen LogP) is 3.27. The molecule has 0 radical (unpaired) electrons. The van der Waals surface area contributed by atoms with Crippen LogP contribution in [0.2, 0.25) is 5.02 Å². The molecule has 5 nitrogen and oxygen atoms in total. The van der Waals surface area contributed by atoms with Gasteiger partial charge in [0.1, 0.15) is 17.3 Å². The monoisotopic (exact) mass is 357 g/mol. The van der Waals surface area contributed by atoms with Gasteiger partial charge in [0.2, 0.25) is 10.0 Å². The Morgan fingerprint density at radius 3 is 2.48 bits per heavy atom. The third kappa shape index (κ3) is 4.43. The molecule has 0 spiro atoms. The molecule has 0 aliphatic carbocycles. The summed E-state index contributed by atoms with van der Waals surface area (Å²) in [5.41, 5.74) is 0.334. The lowest BCUT2D eigenvalue weighted by Crippen LogP contribution is -2.30. The lowest BCUT2D eigenvalue weighted by Gasteiger charge is -2.12. The van der Waals surface area contributed by atoms with Gasteiger partial charge in [-0.15, -0.1) is 0 Å². The van der Waals surface area contributed by atoms with E-state index < -0.39 is 27.3 Å². The molecule has 1 N–H and O–H groups in total. The summed E-state index contributed by atoms with van der Waals surface area (Å²) in [6.45, 7) is 1.81. The fraction of sp³-hybridized carbons (Fsp3) is 0.133. The normalized spacial score (nSPS) is 11.1. The maximum absolute atomic E-state index is 14.1. The molecule has 0 aromatic heterocycles. The van der Waals surface area contributed by atoms with Crippen LogP contribution in [0.3, 0.4) is 0 Å². The van der Waals surface area contributed by atoms with Gasteiger partial charge in [0.15, 0.2) is 0 Å². The SMILES string of the molecule is Cc1ccccc1Oc1cc(F)c(C(=O)NS(C)(=O)=O)cc1Cl. The van der Waals surface area contributed by atoms with Crippen molar-refractivity contribution in [3.8, 4) is 11.5 Å². The molecule has 0 saturated heterocycles. The number of ether oxygens (including phenoxy) is 1. The highest BCUT2D eigenvalue weighted by atomic mass is 35.5. The minimum Gasteiger partial charge on any atom is -0.455 e. The molecule has 122 valence electrons. The number of rotatable bonds is 4. The van der Waals surface area contributed by atoms with Crippen LogP contribution in [0.25, 0.3) is 0 Å². The van der Waals surface area contributed by atoms with Gasteiger partial charge in [-0.05, 0) is 24.6 Å². The van der Waals surface area contributed by atoms with Crippen molar-refractivity contribution in [2.24, 2.45) is 0 Å². The van der Waals surface area contributed by atoms with Crippen molar-refractivity contribution >= 4 is 27.5 Å². The van der Waals surface area contributed by atoms with E-state index in [4.69, 9.17) is 16.3 Å². The Bertz CT molecular complexity index is 868. The van der Waals surface area contributed by atoms with Crippen molar-refractivity contribution in [2.75, 3.05) is 6.26 Å². The number of benzene rings is 2. The lowest BCUT2D eigenvalue weighted by atomic mass is 10.2. The van der Waals surface area contributed by atoms with Crippen LogP contribution in [0.1, 0.15) is 15.9 Å². The molecular weight excluding hydrogens is 345 g/mol. The number of amides is 1. The molecule has 0 bridgehead atoms. The lowest BCUT2D eigenvalue weighted by molar-refractivity contribution is 0.0977. The number of para-hydroxylation sites is 1. The van der Waals surface area contributed by atoms with Crippen LogP contribution in [-0.2, 0) is 10.0 Å². The average molecular weight is 358 g/mol. The van der Waals surface area contributed by atoms with Gasteiger partial charge in [-0.3, -0.25) is 4.79 Å². The van der Waals surface area contributed by atoms with E-state index in [1.165, 1.54) is 0 Å². The molecule has 0 fully saturated rings. The number of carbonyl (C=O) groups is 1. The molecule has 2 aromatic rings. The van der Waals surface area contributed by atoms with Gasteiger partial charge in [0.05, 0.1) is 16.8 Å². The number of sulfonamides is 1. The van der Waals surface area contributed by atoms with Gasteiger partial charge in [0.25, 0.3) is 5.91 Å². The summed E-state index contributed by atoms with van der Waals surface area (Å²) in [5.74, 6) is -1.54. The molecule has 0 atom stereocenters. The molecule has 0 saturated carbocycles. The Morgan fingerprint density at radius 2 is 1.87 bits per heavy atom. The summed E-state index contributed by atoms with van der Waals surface area (Å²) >= 11 is 6.00. The minimum absolute atomic E-state index is 0.0201. The molecule has 8 heteroatoms. The van der Waals surface area contributed by atoms with Crippen LogP contribution in [0, 0.1) is 12.7 Å². The molecule has 0 aliphatic rings. The van der Waals surface area contributed by atoms with Crippen LogP contribution in [0.15, 0.2) is 36.4 Å². The van der Waals surface area contributed by atoms with Crippen molar-refractivity contribution < 1.29 is 22.3 Å². The molecular formula is C15H13ClFNO4S. The van der Waals surface area contributed by atoms with E-state index in [0.717, 1.165) is 24.0 Å². The topological polar surface area (TPSA) is 72.5 Å². The first kappa shape index (κ1) is 17.2. The molecule has 0 aliphatic heterocycles. The Balaban J connectivity index is 2.34. The zero-order chi connectivity index (χ0) is 17.2. The van der Waals surface area contributed by atoms with E-state index in [1.807, 2.05) is 19.1 Å². The van der Waals surface area contributed by atoms with Gasteiger partial charge in [-0.1, -0.05) is 29.8 Å². The van der Waals surface area contributed by atoms with Crippen molar-refractivity contribution in [2.45, 2.75) is 6.92 Å². The maximum Gasteiger partial charge on any atom is 0.267 e. The summed E-state index contributed by atoms with van der Waals surface area (Å²) in [5, 5.41) is -0.0201. The smallest absolute Gasteiger partial charge is 0.267 e. The second-order valence-electron chi connectivity index (χ2n) is 4.83. The highest BCUT2D eigenvalue weighted by molar-refractivity contribution is 7.89. The molecule has 23 heavy (non-hydrogen) atoms. The van der Waals surface area contributed by atoms with Crippen molar-refractivity contribution in [3.63, 3.8) is 0 Å². The van der Waals surface area contributed by atoms with Crippen LogP contribution in [0.5, 0.6) is 11.5 Å². The zero-order valence-electron chi connectivity index (χ0n) is 12.3. The summed E-state index contributed by atoms with van der Waals surface area (Å²) in [4.78, 5) is 11.7. The second-order valence-corrected chi connectivity index (χ2v) is 6.99. The van der Waals surface area contributed by atoms with E-state index in [-0.39, 0.29) is 10.8 Å². The third-order valence-corrected chi connectivity index (χ3v) is 3.71. The number of hydrogen-bond acceptors (Lipinski definition) is 4. The second kappa shape index (κ2) is 6.55. The van der Waals surface area contributed by atoms with Gasteiger partial charge in [-0.25, -0.2) is 17.5 Å². The highest BCUT2D eigenvalue weighted by Gasteiger charge is 2.19.